The third-order valence-corrected chi connectivity index (χ3v) is 3.13. The van der Waals surface area contributed by atoms with Gasteiger partial charge in [-0.2, -0.15) is 5.26 Å². The Bertz CT molecular complexity index is 525. The number of nitrogens with two attached hydrogens (primary N) is 1. The van der Waals surface area contributed by atoms with Crippen LogP contribution in [0.3, 0.4) is 0 Å². The minimum Gasteiger partial charge on any atom is -0.368 e. The first-order valence-corrected chi connectivity index (χ1v) is 6.65. The number of nitrogens with one attached hydrogen (secondary N) is 1. The summed E-state index contributed by atoms with van der Waals surface area (Å²) in [5, 5.41) is 11.3. The van der Waals surface area contributed by atoms with E-state index in [1.807, 2.05) is 6.07 Å². The first kappa shape index (κ1) is 16.0. The first-order valence-electron chi connectivity index (χ1n) is 6.28. The number of hydrogen-bond acceptors (Lipinski definition) is 3. The molecule has 6 heteroatoms. The van der Waals surface area contributed by atoms with Gasteiger partial charge >= 0.3 is 0 Å². The molecule has 0 aliphatic rings. The van der Waals surface area contributed by atoms with Crippen LogP contribution in [0, 0.1) is 11.3 Å². The van der Waals surface area contributed by atoms with Gasteiger partial charge in [0.05, 0.1) is 16.7 Å². The Balaban J connectivity index is 2.62. The van der Waals surface area contributed by atoms with Crippen molar-refractivity contribution in [2.24, 2.45) is 5.73 Å². The summed E-state index contributed by atoms with van der Waals surface area (Å²) in [6.07, 6.45) is 2.14. The van der Waals surface area contributed by atoms with Crippen LogP contribution >= 0.6 is 11.6 Å². The van der Waals surface area contributed by atoms with Gasteiger partial charge in [-0.3, -0.25) is 9.59 Å². The summed E-state index contributed by atoms with van der Waals surface area (Å²) in [5.74, 6) is -1.03. The summed E-state index contributed by atoms with van der Waals surface area (Å²) in [6, 6.07) is 7.85. The van der Waals surface area contributed by atoms with E-state index in [4.69, 9.17) is 22.6 Å². The molecule has 0 fully saturated rings. The van der Waals surface area contributed by atoms with Crippen molar-refractivity contribution in [1.82, 2.24) is 5.32 Å². The average molecular weight is 294 g/mol. The summed E-state index contributed by atoms with van der Waals surface area (Å²) in [4.78, 5) is 23.3. The molecule has 1 rings (SSSR count). The number of rotatable bonds is 7. The predicted octanol–water partition coefficient (Wildman–Crippen LogP) is 2.01. The number of unbranched alkanes of at least 4 members (excludes halogenated alkanes) is 2. The van der Waals surface area contributed by atoms with Crippen LogP contribution in [0.2, 0.25) is 5.02 Å². The quantitative estimate of drug-likeness (QED) is 0.753. The molecular formula is C14H16ClN3O2. The fraction of sp³-hybridized carbons (Fsp3) is 0.357. The van der Waals surface area contributed by atoms with Crippen LogP contribution in [0.4, 0.5) is 0 Å². The third-order valence-electron chi connectivity index (χ3n) is 2.80. The molecule has 0 saturated heterocycles. The molecule has 20 heavy (non-hydrogen) atoms. The van der Waals surface area contributed by atoms with Crippen LogP contribution in [0.15, 0.2) is 24.3 Å². The maximum absolute atomic E-state index is 12.0. The summed E-state index contributed by atoms with van der Waals surface area (Å²) < 4.78 is 0. The van der Waals surface area contributed by atoms with Crippen molar-refractivity contribution in [3.8, 4) is 6.07 Å². The molecule has 1 atom stereocenters. The van der Waals surface area contributed by atoms with Gasteiger partial charge in [-0.1, -0.05) is 23.7 Å². The van der Waals surface area contributed by atoms with Crippen LogP contribution in [0.1, 0.15) is 36.0 Å². The molecule has 0 aromatic heterocycles. The van der Waals surface area contributed by atoms with Gasteiger partial charge in [0.2, 0.25) is 5.91 Å². The number of nitriles is 1. The number of halogens is 1. The molecule has 0 bridgehead atoms. The van der Waals surface area contributed by atoms with Gasteiger partial charge in [-0.25, -0.2) is 0 Å². The fourth-order valence-electron chi connectivity index (χ4n) is 1.72. The second kappa shape index (κ2) is 8.18. The van der Waals surface area contributed by atoms with Gasteiger partial charge in [-0.15, -0.1) is 0 Å². The molecule has 0 spiro atoms. The Morgan fingerprint density at radius 1 is 1.35 bits per heavy atom. The zero-order valence-corrected chi connectivity index (χ0v) is 11.7. The zero-order valence-electron chi connectivity index (χ0n) is 10.9. The molecule has 0 saturated carbocycles. The predicted molar refractivity (Wildman–Crippen MR) is 76.0 cm³/mol. The highest BCUT2D eigenvalue weighted by molar-refractivity contribution is 6.33. The summed E-state index contributed by atoms with van der Waals surface area (Å²) in [6.45, 7) is 0. The van der Waals surface area contributed by atoms with Crippen LogP contribution in [0.25, 0.3) is 0 Å². The van der Waals surface area contributed by atoms with E-state index in [1.54, 1.807) is 24.3 Å². The monoisotopic (exact) mass is 293 g/mol. The van der Waals surface area contributed by atoms with Crippen molar-refractivity contribution < 1.29 is 9.59 Å². The van der Waals surface area contributed by atoms with Crippen molar-refractivity contribution in [2.75, 3.05) is 0 Å². The number of amides is 2. The Hall–Kier alpha value is -2.06. The summed E-state index contributed by atoms with van der Waals surface area (Å²) in [5.41, 5.74) is 5.57. The lowest BCUT2D eigenvalue weighted by molar-refractivity contribution is -0.120. The first-order chi connectivity index (χ1) is 9.56. The van der Waals surface area contributed by atoms with Gasteiger partial charge in [0, 0.05) is 6.42 Å². The van der Waals surface area contributed by atoms with Crippen molar-refractivity contribution in [2.45, 2.75) is 31.7 Å². The normalized spacial score (nSPS) is 11.4. The van der Waals surface area contributed by atoms with Crippen molar-refractivity contribution in [3.63, 3.8) is 0 Å². The van der Waals surface area contributed by atoms with E-state index in [1.165, 1.54) is 0 Å². The molecule has 106 valence electrons. The Morgan fingerprint density at radius 2 is 2.05 bits per heavy atom. The number of carbonyl (C=O) groups excluding carboxylic acids is 2. The molecule has 0 heterocycles. The second-order valence-corrected chi connectivity index (χ2v) is 4.72. The highest BCUT2D eigenvalue weighted by atomic mass is 35.5. The Morgan fingerprint density at radius 3 is 2.65 bits per heavy atom. The molecule has 1 aromatic rings. The number of nitrogens with zero attached hydrogens (tertiary/aromatic N) is 1. The maximum atomic E-state index is 12.0. The van der Waals surface area contributed by atoms with Crippen molar-refractivity contribution >= 4 is 23.4 Å². The Labute approximate surface area is 122 Å². The minimum atomic E-state index is -0.752. The molecule has 2 amide bonds. The lowest BCUT2D eigenvalue weighted by atomic mass is 10.1. The highest BCUT2D eigenvalue weighted by Gasteiger charge is 2.19. The van der Waals surface area contributed by atoms with Gasteiger partial charge in [0.25, 0.3) is 5.91 Å². The lowest BCUT2D eigenvalue weighted by Crippen LogP contribution is -2.44. The van der Waals surface area contributed by atoms with E-state index >= 15 is 0 Å². The number of hydrogen-bond donors (Lipinski definition) is 2. The highest BCUT2D eigenvalue weighted by Crippen LogP contribution is 2.15. The minimum absolute atomic E-state index is 0.303. The van der Waals surface area contributed by atoms with Crippen LogP contribution in [-0.4, -0.2) is 17.9 Å². The van der Waals surface area contributed by atoms with Crippen LogP contribution < -0.4 is 11.1 Å². The maximum Gasteiger partial charge on any atom is 0.253 e. The number of primary amides is 1. The third kappa shape index (κ3) is 4.90. The van der Waals surface area contributed by atoms with Crippen LogP contribution in [-0.2, 0) is 4.79 Å². The zero-order chi connectivity index (χ0) is 15.0. The van der Waals surface area contributed by atoms with Gasteiger partial charge in [0.15, 0.2) is 0 Å². The molecular weight excluding hydrogens is 278 g/mol. The number of benzene rings is 1. The molecule has 0 unspecified atom stereocenters. The SMILES string of the molecule is N#CCCCC[C@H](NC(=O)c1ccccc1Cl)C(N)=O. The second-order valence-electron chi connectivity index (χ2n) is 4.31. The van der Waals surface area contributed by atoms with Gasteiger partial charge in [-0.05, 0) is 31.4 Å². The topological polar surface area (TPSA) is 96.0 Å². The van der Waals surface area contributed by atoms with Crippen molar-refractivity contribution in [3.05, 3.63) is 34.9 Å². The molecule has 5 nitrogen and oxygen atoms in total. The van der Waals surface area contributed by atoms with E-state index in [2.05, 4.69) is 5.32 Å². The smallest absolute Gasteiger partial charge is 0.253 e. The fourth-order valence-corrected chi connectivity index (χ4v) is 1.94. The molecule has 0 radical (unpaired) electrons. The van der Waals surface area contributed by atoms with E-state index < -0.39 is 17.9 Å². The molecule has 0 aliphatic heterocycles. The summed E-state index contributed by atoms with van der Waals surface area (Å²) in [7, 11) is 0. The summed E-state index contributed by atoms with van der Waals surface area (Å²) >= 11 is 5.91. The molecule has 3 N–H and O–H groups in total. The molecule has 0 aliphatic carbocycles. The van der Waals surface area contributed by atoms with E-state index in [0.29, 0.717) is 36.3 Å². The van der Waals surface area contributed by atoms with E-state index in [-0.39, 0.29) is 0 Å². The standard InChI is InChI=1S/C14H16ClN3O2/c15-11-7-4-3-6-10(11)14(20)18-12(13(17)19)8-2-1-5-9-16/h3-4,6-7,12H,1-2,5,8H2,(H2,17,19)(H,18,20)/t12-/m0/s1. The van der Waals surface area contributed by atoms with Crippen LogP contribution in [0.5, 0.6) is 0 Å². The number of carbonyl (C=O) groups is 2. The van der Waals surface area contributed by atoms with Gasteiger partial charge < -0.3 is 11.1 Å². The van der Waals surface area contributed by atoms with Gasteiger partial charge in [0.1, 0.15) is 6.04 Å². The largest absolute Gasteiger partial charge is 0.368 e. The molecule has 1 aromatic carbocycles. The van der Waals surface area contributed by atoms with E-state index in [0.717, 1.165) is 0 Å². The average Bonchev–Trinajstić information content (AvgIpc) is 2.42. The Kier molecular flexibility index (Phi) is 6.54. The van der Waals surface area contributed by atoms with E-state index in [9.17, 15) is 9.59 Å². The van der Waals surface area contributed by atoms with Crippen molar-refractivity contribution in [1.29, 1.82) is 5.26 Å². The lowest BCUT2D eigenvalue weighted by Gasteiger charge is -2.15.